The first-order valence-electron chi connectivity index (χ1n) is 7.56. The van der Waals surface area contributed by atoms with Crippen LogP contribution < -0.4 is 0 Å². The van der Waals surface area contributed by atoms with Crippen molar-refractivity contribution in [3.05, 3.63) is 17.0 Å². The number of halogens is 4. The molecule has 2 amide bonds. The van der Waals surface area contributed by atoms with Crippen LogP contribution in [0, 0.1) is 17.8 Å². The number of carbonyl (C=O) groups is 3. The van der Waals surface area contributed by atoms with Gasteiger partial charge >= 0.3 is 11.9 Å². The SMILES string of the molecule is O=C(Cn1nc(C(F)F)c2c1C(F)(F)[C@@H]1C#C[C@H]21)ON1C(=O)CCC1=O. The Bertz CT molecular complexity index is 898. The van der Waals surface area contributed by atoms with Gasteiger partial charge in [0.25, 0.3) is 18.2 Å². The number of aromatic nitrogens is 2. The van der Waals surface area contributed by atoms with Crippen molar-refractivity contribution >= 4 is 17.8 Å². The van der Waals surface area contributed by atoms with Gasteiger partial charge in [-0.05, 0) is 0 Å². The van der Waals surface area contributed by atoms with Crippen LogP contribution >= 0.6 is 0 Å². The molecule has 7 nitrogen and oxygen atoms in total. The topological polar surface area (TPSA) is 81.5 Å². The van der Waals surface area contributed by atoms with Crippen LogP contribution in [-0.2, 0) is 31.7 Å². The van der Waals surface area contributed by atoms with Crippen LogP contribution in [0.1, 0.15) is 42.1 Å². The molecular formula is C15H9F4N3O4. The van der Waals surface area contributed by atoms with E-state index in [1.807, 2.05) is 0 Å². The number of hydrogen-bond donors (Lipinski definition) is 0. The molecule has 26 heavy (non-hydrogen) atoms. The van der Waals surface area contributed by atoms with Crippen molar-refractivity contribution in [2.45, 2.75) is 37.7 Å². The predicted molar refractivity (Wildman–Crippen MR) is 72.3 cm³/mol. The molecule has 0 spiro atoms. The molecule has 2 aliphatic carbocycles. The molecule has 1 aliphatic heterocycles. The molecule has 0 saturated carbocycles. The summed E-state index contributed by atoms with van der Waals surface area (Å²) < 4.78 is 55.8. The van der Waals surface area contributed by atoms with Crippen LogP contribution in [0.3, 0.4) is 0 Å². The molecule has 0 N–H and O–H groups in total. The van der Waals surface area contributed by atoms with E-state index in [0.717, 1.165) is 0 Å². The number of alkyl halides is 4. The van der Waals surface area contributed by atoms with Crippen LogP contribution in [0.2, 0.25) is 0 Å². The van der Waals surface area contributed by atoms with E-state index >= 15 is 0 Å². The van der Waals surface area contributed by atoms with E-state index in [2.05, 4.69) is 21.8 Å². The number of nitrogens with zero attached hydrogens (tertiary/aromatic N) is 3. The van der Waals surface area contributed by atoms with Gasteiger partial charge in [0, 0.05) is 18.4 Å². The van der Waals surface area contributed by atoms with Gasteiger partial charge < -0.3 is 4.84 Å². The molecule has 1 aromatic heterocycles. The lowest BCUT2D eigenvalue weighted by atomic mass is 9.84. The summed E-state index contributed by atoms with van der Waals surface area (Å²) in [5, 5.41) is 3.67. The van der Waals surface area contributed by atoms with Crippen LogP contribution in [0.15, 0.2) is 0 Å². The summed E-state index contributed by atoms with van der Waals surface area (Å²) in [7, 11) is 0. The predicted octanol–water partition coefficient (Wildman–Crippen LogP) is 1.25. The lowest BCUT2D eigenvalue weighted by molar-refractivity contribution is -0.198. The molecule has 0 bridgehead atoms. The Kier molecular flexibility index (Phi) is 3.37. The molecule has 2 atom stereocenters. The molecule has 0 radical (unpaired) electrons. The van der Waals surface area contributed by atoms with Gasteiger partial charge in [-0.2, -0.15) is 13.9 Å². The lowest BCUT2D eigenvalue weighted by Gasteiger charge is -2.23. The maximum atomic E-state index is 14.5. The molecule has 1 saturated heterocycles. The summed E-state index contributed by atoms with van der Waals surface area (Å²) in [6.45, 7) is -0.957. The van der Waals surface area contributed by atoms with Gasteiger partial charge in [0.2, 0.25) is 0 Å². The monoisotopic (exact) mass is 371 g/mol. The van der Waals surface area contributed by atoms with Crippen molar-refractivity contribution in [3.63, 3.8) is 0 Å². The van der Waals surface area contributed by atoms with E-state index in [4.69, 9.17) is 0 Å². The molecule has 136 valence electrons. The van der Waals surface area contributed by atoms with Gasteiger partial charge in [-0.3, -0.25) is 14.3 Å². The minimum atomic E-state index is -3.55. The summed E-state index contributed by atoms with van der Waals surface area (Å²) in [6.07, 6.45) is -3.41. The molecule has 1 aromatic rings. The Morgan fingerprint density at radius 2 is 1.92 bits per heavy atom. The van der Waals surface area contributed by atoms with E-state index < -0.39 is 59.9 Å². The van der Waals surface area contributed by atoms with Gasteiger partial charge in [0.1, 0.15) is 23.9 Å². The van der Waals surface area contributed by atoms with Crippen molar-refractivity contribution < 1.29 is 36.8 Å². The van der Waals surface area contributed by atoms with Gasteiger partial charge in [-0.25, -0.2) is 13.6 Å². The third-order valence-corrected chi connectivity index (χ3v) is 4.45. The van der Waals surface area contributed by atoms with Gasteiger partial charge in [-0.1, -0.05) is 11.8 Å². The Hall–Kier alpha value is -2.90. The minimum absolute atomic E-state index is 0.141. The number of rotatable bonds is 4. The molecule has 3 aliphatic rings. The van der Waals surface area contributed by atoms with Crippen LogP contribution in [-0.4, -0.2) is 32.6 Å². The average molecular weight is 371 g/mol. The summed E-state index contributed by atoms with van der Waals surface area (Å²) in [4.78, 5) is 39.4. The summed E-state index contributed by atoms with van der Waals surface area (Å²) in [6, 6.07) is 0. The fraction of sp³-hybridized carbons (Fsp3) is 0.467. The molecule has 1 fully saturated rings. The lowest BCUT2D eigenvalue weighted by Crippen LogP contribution is -2.34. The Morgan fingerprint density at radius 3 is 2.46 bits per heavy atom. The zero-order valence-electron chi connectivity index (χ0n) is 12.8. The van der Waals surface area contributed by atoms with Gasteiger partial charge in [-0.15, -0.1) is 5.06 Å². The Morgan fingerprint density at radius 1 is 1.27 bits per heavy atom. The largest absolute Gasteiger partial charge is 0.354 e. The standard InChI is InChI=1S/C15H9F4N3O4/c16-14(17)12-11-6-1-2-7(6)15(18,19)13(11)21(20-12)5-10(25)26-22-8(23)3-4-9(22)24/h6-7,14H,3-5H2/t6-,7+/m0/s1. The maximum absolute atomic E-state index is 14.5. The van der Waals surface area contributed by atoms with E-state index in [0.29, 0.717) is 4.68 Å². The highest BCUT2D eigenvalue weighted by atomic mass is 19.3. The zero-order chi connectivity index (χ0) is 18.8. The normalized spacial score (nSPS) is 24.9. The average Bonchev–Trinajstić information content (AvgIpc) is 3.05. The van der Waals surface area contributed by atoms with Crippen molar-refractivity contribution in [1.29, 1.82) is 0 Å². The first-order valence-corrected chi connectivity index (χ1v) is 7.56. The molecule has 11 heteroatoms. The van der Waals surface area contributed by atoms with E-state index in [1.54, 1.807) is 0 Å². The number of hydrogen-bond acceptors (Lipinski definition) is 5. The highest BCUT2D eigenvalue weighted by Gasteiger charge is 2.60. The smallest absolute Gasteiger partial charge is 0.328 e. The summed E-state index contributed by atoms with van der Waals surface area (Å²) in [5.74, 6) is -4.13. The Balaban J connectivity index is 1.64. The fourth-order valence-corrected chi connectivity index (χ4v) is 3.28. The second-order valence-corrected chi connectivity index (χ2v) is 6.02. The van der Waals surface area contributed by atoms with Crippen molar-refractivity contribution in [2.75, 3.05) is 0 Å². The highest BCUT2D eigenvalue weighted by molar-refractivity contribution is 6.01. The number of imide groups is 1. The molecule has 0 aromatic carbocycles. The number of hydroxylamine groups is 2. The van der Waals surface area contributed by atoms with Crippen molar-refractivity contribution in [3.8, 4) is 11.8 Å². The number of carbonyl (C=O) groups excluding carboxylic acids is 3. The van der Waals surface area contributed by atoms with Crippen LogP contribution in [0.4, 0.5) is 17.6 Å². The molecular weight excluding hydrogens is 362 g/mol. The third-order valence-electron chi connectivity index (χ3n) is 4.45. The minimum Gasteiger partial charge on any atom is -0.328 e. The second-order valence-electron chi connectivity index (χ2n) is 6.02. The van der Waals surface area contributed by atoms with Crippen LogP contribution in [0.5, 0.6) is 0 Å². The van der Waals surface area contributed by atoms with E-state index in [-0.39, 0.29) is 23.5 Å². The summed E-state index contributed by atoms with van der Waals surface area (Å²) in [5.41, 5.74) is -2.05. The first-order chi connectivity index (χ1) is 12.2. The Labute approximate surface area is 142 Å². The quantitative estimate of drug-likeness (QED) is 0.452. The molecule has 2 heterocycles. The number of fused-ring (bicyclic) bond motifs is 3. The van der Waals surface area contributed by atoms with Crippen molar-refractivity contribution in [2.24, 2.45) is 5.92 Å². The highest BCUT2D eigenvalue weighted by Crippen LogP contribution is 2.57. The first kappa shape index (κ1) is 16.6. The van der Waals surface area contributed by atoms with E-state index in [1.165, 1.54) is 0 Å². The van der Waals surface area contributed by atoms with Crippen LogP contribution in [0.25, 0.3) is 0 Å². The maximum Gasteiger partial charge on any atom is 0.354 e. The molecule has 4 rings (SSSR count). The summed E-state index contributed by atoms with van der Waals surface area (Å²) >= 11 is 0. The van der Waals surface area contributed by atoms with Gasteiger partial charge in [0.15, 0.2) is 0 Å². The second kappa shape index (κ2) is 5.30. The molecule has 0 unspecified atom stereocenters. The fourth-order valence-electron chi connectivity index (χ4n) is 3.28. The van der Waals surface area contributed by atoms with E-state index in [9.17, 15) is 31.9 Å². The van der Waals surface area contributed by atoms with Crippen molar-refractivity contribution in [1.82, 2.24) is 14.8 Å². The zero-order valence-corrected chi connectivity index (χ0v) is 12.8. The number of amides is 2. The van der Waals surface area contributed by atoms with Gasteiger partial charge in [0.05, 0.1) is 5.92 Å². The third kappa shape index (κ3) is 2.14.